The Labute approximate surface area is 97.4 Å². The molecule has 2 rings (SSSR count). The highest BCUT2D eigenvalue weighted by atomic mass is 19.3. The molecule has 2 nitrogen and oxygen atoms in total. The predicted molar refractivity (Wildman–Crippen MR) is 63.0 cm³/mol. The van der Waals surface area contributed by atoms with E-state index in [9.17, 15) is 8.78 Å². The minimum Gasteiger partial charge on any atom is -0.306 e. The molecule has 2 aliphatic rings. The van der Waals surface area contributed by atoms with Gasteiger partial charge in [0.05, 0.1) is 12.6 Å². The third kappa shape index (κ3) is 3.39. The second-order valence-electron chi connectivity index (χ2n) is 4.63. The molecular weight excluding hydrogens is 210 g/mol. The number of hydrogen-bond acceptors (Lipinski definition) is 2. The number of likely N-dealkylation sites (tertiary alicyclic amines) is 1. The van der Waals surface area contributed by atoms with Gasteiger partial charge in [0.2, 0.25) is 0 Å². The van der Waals surface area contributed by atoms with Crippen molar-refractivity contribution in [3.8, 4) is 0 Å². The fourth-order valence-corrected chi connectivity index (χ4v) is 2.17. The summed E-state index contributed by atoms with van der Waals surface area (Å²) in [6.45, 7) is 4.68. The zero-order valence-electron chi connectivity index (χ0n) is 10.6. The normalized spacial score (nSPS) is 30.2. The van der Waals surface area contributed by atoms with Crippen LogP contribution in [0.3, 0.4) is 0 Å². The summed E-state index contributed by atoms with van der Waals surface area (Å²) in [5, 5.41) is 3.09. The summed E-state index contributed by atoms with van der Waals surface area (Å²) in [6, 6.07) is -0.238. The van der Waals surface area contributed by atoms with E-state index in [1.165, 1.54) is 6.42 Å². The zero-order valence-corrected chi connectivity index (χ0v) is 10.6. The number of alkyl halides is 2. The zero-order chi connectivity index (χ0) is 12.2. The van der Waals surface area contributed by atoms with Crippen LogP contribution in [0, 0.1) is 0 Å². The Kier molecular flexibility index (Phi) is 5.12. The summed E-state index contributed by atoms with van der Waals surface area (Å²) in [6.07, 6.45) is 3.90. The molecule has 0 spiro atoms. The first-order chi connectivity index (χ1) is 7.58. The Morgan fingerprint density at radius 1 is 1.19 bits per heavy atom. The van der Waals surface area contributed by atoms with Crippen LogP contribution in [0.4, 0.5) is 8.78 Å². The van der Waals surface area contributed by atoms with Gasteiger partial charge in [-0.05, 0) is 32.9 Å². The lowest BCUT2D eigenvalue weighted by Gasteiger charge is -2.40. The van der Waals surface area contributed by atoms with Crippen LogP contribution >= 0.6 is 0 Å². The van der Waals surface area contributed by atoms with Crippen LogP contribution in [0.15, 0.2) is 0 Å². The third-order valence-corrected chi connectivity index (χ3v) is 3.33. The lowest BCUT2D eigenvalue weighted by atomic mass is 9.90. The van der Waals surface area contributed by atoms with Gasteiger partial charge < -0.3 is 10.2 Å². The average molecular weight is 234 g/mol. The van der Waals surface area contributed by atoms with Crippen molar-refractivity contribution in [2.24, 2.45) is 0 Å². The maximum atomic E-state index is 13.5. The van der Waals surface area contributed by atoms with Gasteiger partial charge in [-0.15, -0.1) is 0 Å². The standard InChI is InChI=1S/C10H18F2N2.C2H6/c1-14-6-5-9(10(11,12)7-14)13-8-3-2-4-8;1-2/h8-9,13H,2-7H2,1H3;1-2H3. The van der Waals surface area contributed by atoms with Crippen molar-refractivity contribution in [2.75, 3.05) is 20.1 Å². The molecule has 1 aliphatic heterocycles. The molecule has 1 unspecified atom stereocenters. The first-order valence-corrected chi connectivity index (χ1v) is 6.40. The average Bonchev–Trinajstić information content (AvgIpc) is 2.15. The van der Waals surface area contributed by atoms with Crippen molar-refractivity contribution in [1.29, 1.82) is 0 Å². The lowest BCUT2D eigenvalue weighted by molar-refractivity contribution is -0.0891. The van der Waals surface area contributed by atoms with E-state index in [-0.39, 0.29) is 6.54 Å². The van der Waals surface area contributed by atoms with Crippen molar-refractivity contribution >= 4 is 0 Å². The number of nitrogens with zero attached hydrogens (tertiary/aromatic N) is 1. The molecule has 0 radical (unpaired) electrons. The highest BCUT2D eigenvalue weighted by Crippen LogP contribution is 2.29. The van der Waals surface area contributed by atoms with Gasteiger partial charge >= 0.3 is 0 Å². The SMILES string of the molecule is CC.CN1CCC(NC2CCC2)C(F)(F)C1. The van der Waals surface area contributed by atoms with Gasteiger partial charge in [0, 0.05) is 6.04 Å². The summed E-state index contributed by atoms with van der Waals surface area (Å²) in [5.74, 6) is -2.55. The molecule has 1 heterocycles. The Bertz CT molecular complexity index is 205. The second kappa shape index (κ2) is 5.92. The maximum Gasteiger partial charge on any atom is 0.275 e. The molecule has 1 aliphatic carbocycles. The summed E-state index contributed by atoms with van der Waals surface area (Å²) in [7, 11) is 1.76. The van der Waals surface area contributed by atoms with E-state index in [4.69, 9.17) is 0 Å². The Morgan fingerprint density at radius 3 is 2.25 bits per heavy atom. The molecule has 1 N–H and O–H groups in total. The van der Waals surface area contributed by atoms with Crippen LogP contribution in [-0.4, -0.2) is 43.0 Å². The second-order valence-corrected chi connectivity index (χ2v) is 4.63. The highest BCUT2D eigenvalue weighted by molar-refractivity contribution is 4.93. The minimum atomic E-state index is -2.55. The monoisotopic (exact) mass is 234 g/mol. The summed E-state index contributed by atoms with van der Waals surface area (Å²) in [5.41, 5.74) is 0. The van der Waals surface area contributed by atoms with Gasteiger partial charge in [0.25, 0.3) is 5.92 Å². The Morgan fingerprint density at radius 2 is 1.81 bits per heavy atom. The minimum absolute atomic E-state index is 0.0998. The molecule has 1 atom stereocenters. The van der Waals surface area contributed by atoms with E-state index in [2.05, 4.69) is 5.32 Å². The van der Waals surface area contributed by atoms with Gasteiger partial charge in [-0.2, -0.15) is 0 Å². The molecule has 96 valence electrons. The quantitative estimate of drug-likeness (QED) is 0.789. The maximum absolute atomic E-state index is 13.5. The molecule has 0 aromatic carbocycles. The lowest BCUT2D eigenvalue weighted by Crippen LogP contribution is -2.59. The van der Waals surface area contributed by atoms with Gasteiger partial charge in [0.15, 0.2) is 0 Å². The van der Waals surface area contributed by atoms with Gasteiger partial charge in [-0.3, -0.25) is 0 Å². The molecule has 16 heavy (non-hydrogen) atoms. The molecule has 2 fully saturated rings. The Hall–Kier alpha value is -0.220. The van der Waals surface area contributed by atoms with Crippen LogP contribution in [0.2, 0.25) is 0 Å². The largest absolute Gasteiger partial charge is 0.306 e. The van der Waals surface area contributed by atoms with Gasteiger partial charge in [-0.1, -0.05) is 20.3 Å². The van der Waals surface area contributed by atoms with E-state index in [0.29, 0.717) is 12.5 Å². The highest BCUT2D eigenvalue weighted by Gasteiger charge is 2.44. The summed E-state index contributed by atoms with van der Waals surface area (Å²) < 4.78 is 27.1. The van der Waals surface area contributed by atoms with Crippen molar-refractivity contribution in [3.05, 3.63) is 0 Å². The number of nitrogens with one attached hydrogen (secondary N) is 1. The van der Waals surface area contributed by atoms with E-state index < -0.39 is 12.0 Å². The molecule has 0 bridgehead atoms. The van der Waals surface area contributed by atoms with Crippen LogP contribution in [0.1, 0.15) is 39.5 Å². The molecular formula is C12H24F2N2. The van der Waals surface area contributed by atoms with Crippen LogP contribution in [0.5, 0.6) is 0 Å². The van der Waals surface area contributed by atoms with Crippen LogP contribution in [-0.2, 0) is 0 Å². The van der Waals surface area contributed by atoms with E-state index in [1.807, 2.05) is 13.8 Å². The van der Waals surface area contributed by atoms with Gasteiger partial charge in [0.1, 0.15) is 0 Å². The fraction of sp³-hybridized carbons (Fsp3) is 1.00. The van der Waals surface area contributed by atoms with Crippen molar-refractivity contribution in [1.82, 2.24) is 10.2 Å². The Balaban J connectivity index is 0.000000606. The fourth-order valence-electron chi connectivity index (χ4n) is 2.17. The molecule has 0 aromatic rings. The number of rotatable bonds is 2. The first-order valence-electron chi connectivity index (χ1n) is 6.40. The molecule has 1 saturated heterocycles. The number of halogens is 2. The summed E-state index contributed by atoms with van der Waals surface area (Å²) in [4.78, 5) is 1.71. The van der Waals surface area contributed by atoms with Crippen molar-refractivity contribution in [2.45, 2.75) is 57.5 Å². The van der Waals surface area contributed by atoms with E-state index in [1.54, 1.807) is 11.9 Å². The smallest absolute Gasteiger partial charge is 0.275 e. The predicted octanol–water partition coefficient (Wildman–Crippen LogP) is 2.49. The number of piperidine rings is 1. The summed E-state index contributed by atoms with van der Waals surface area (Å²) >= 11 is 0. The first kappa shape index (κ1) is 13.8. The van der Waals surface area contributed by atoms with Crippen molar-refractivity contribution in [3.63, 3.8) is 0 Å². The topological polar surface area (TPSA) is 15.3 Å². The van der Waals surface area contributed by atoms with Crippen LogP contribution < -0.4 is 5.32 Å². The van der Waals surface area contributed by atoms with Crippen LogP contribution in [0.25, 0.3) is 0 Å². The van der Waals surface area contributed by atoms with Crippen molar-refractivity contribution < 1.29 is 8.78 Å². The molecule has 4 heteroatoms. The van der Waals surface area contributed by atoms with E-state index in [0.717, 1.165) is 19.4 Å². The number of hydrogen-bond donors (Lipinski definition) is 1. The molecule has 0 amide bonds. The molecule has 0 aromatic heterocycles. The van der Waals surface area contributed by atoms with Gasteiger partial charge in [-0.25, -0.2) is 8.78 Å². The van der Waals surface area contributed by atoms with E-state index >= 15 is 0 Å². The third-order valence-electron chi connectivity index (χ3n) is 3.33. The molecule has 1 saturated carbocycles.